The first-order chi connectivity index (χ1) is 13.3. The Hall–Kier alpha value is -2.74. The molecule has 148 valence electrons. The number of benzene rings is 1. The molecule has 28 heavy (non-hydrogen) atoms. The fraction of sp³-hybridized carbons (Fsp3) is 0.308. The molecule has 0 aromatic heterocycles. The molecule has 2 nitrogen and oxygen atoms in total. The van der Waals surface area contributed by atoms with Crippen molar-refractivity contribution in [1.82, 2.24) is 4.90 Å². The van der Waals surface area contributed by atoms with Crippen LogP contribution >= 0.6 is 0 Å². The van der Waals surface area contributed by atoms with Gasteiger partial charge in [0.2, 0.25) is 0 Å². The molecule has 2 aliphatic heterocycles. The third kappa shape index (κ3) is 4.06. The van der Waals surface area contributed by atoms with E-state index in [2.05, 4.69) is 69.2 Å². The Morgan fingerprint density at radius 1 is 1.21 bits per heavy atom. The van der Waals surface area contributed by atoms with Crippen LogP contribution < -0.4 is 0 Å². The van der Waals surface area contributed by atoms with Crippen molar-refractivity contribution in [3.63, 3.8) is 0 Å². The Kier molecular flexibility index (Phi) is 6.90. The summed E-state index contributed by atoms with van der Waals surface area (Å²) in [4.78, 5) is 2.26. The molecule has 3 rings (SSSR count). The highest BCUT2D eigenvalue weighted by atomic mass is 16.3. The van der Waals surface area contributed by atoms with Crippen LogP contribution in [-0.4, -0.2) is 16.0 Å². The molecule has 1 aromatic rings. The van der Waals surface area contributed by atoms with Gasteiger partial charge < -0.3 is 10.0 Å². The second kappa shape index (κ2) is 8.97. The molecule has 0 aliphatic carbocycles. The summed E-state index contributed by atoms with van der Waals surface area (Å²) in [6.07, 6.45) is 11.3. The van der Waals surface area contributed by atoms with E-state index in [1.54, 1.807) is 0 Å². The van der Waals surface area contributed by atoms with Crippen LogP contribution in [0.5, 0.6) is 0 Å². The molecule has 0 saturated carbocycles. The lowest BCUT2D eigenvalue weighted by molar-refractivity contribution is 0.392. The van der Waals surface area contributed by atoms with Gasteiger partial charge >= 0.3 is 0 Å². The topological polar surface area (TPSA) is 23.5 Å². The molecule has 1 aromatic carbocycles. The number of hydrogen-bond donors (Lipinski definition) is 1. The molecular weight excluding hydrogens is 342 g/mol. The SMILES string of the molecule is C=C(O)C1=CN2C(=CC1=C)c1cc(C)c(C)cc1CC2/C(C)=C/C=C\C.CC. The van der Waals surface area contributed by atoms with Crippen LogP contribution in [0.15, 0.2) is 78.3 Å². The average molecular weight is 376 g/mol. The lowest BCUT2D eigenvalue weighted by Gasteiger charge is -2.42. The van der Waals surface area contributed by atoms with Crippen molar-refractivity contribution in [3.05, 3.63) is 101 Å². The highest BCUT2D eigenvalue weighted by molar-refractivity contribution is 5.77. The highest BCUT2D eigenvalue weighted by Gasteiger charge is 2.32. The zero-order chi connectivity index (χ0) is 21.0. The molecule has 1 unspecified atom stereocenters. The molecular formula is C26H33NO. The molecule has 0 bridgehead atoms. The van der Waals surface area contributed by atoms with E-state index in [0.717, 1.165) is 17.7 Å². The highest BCUT2D eigenvalue weighted by Crippen LogP contribution is 2.41. The molecule has 0 fully saturated rings. The van der Waals surface area contributed by atoms with Crippen molar-refractivity contribution in [2.75, 3.05) is 0 Å². The van der Waals surface area contributed by atoms with Gasteiger partial charge in [-0.3, -0.25) is 0 Å². The summed E-state index contributed by atoms with van der Waals surface area (Å²) in [5.41, 5.74) is 9.14. The normalized spacial score (nSPS) is 18.6. The fourth-order valence-electron chi connectivity index (χ4n) is 3.67. The number of rotatable bonds is 3. The van der Waals surface area contributed by atoms with Gasteiger partial charge in [-0.1, -0.05) is 56.9 Å². The van der Waals surface area contributed by atoms with Crippen molar-refractivity contribution >= 4 is 5.70 Å². The zero-order valence-electron chi connectivity index (χ0n) is 18.1. The number of hydrogen-bond acceptors (Lipinski definition) is 2. The minimum absolute atomic E-state index is 0.0602. The molecule has 2 aliphatic rings. The van der Waals surface area contributed by atoms with Crippen LogP contribution in [0.3, 0.4) is 0 Å². The smallest absolute Gasteiger partial charge is 0.117 e. The van der Waals surface area contributed by atoms with Crippen LogP contribution in [0.4, 0.5) is 0 Å². The van der Waals surface area contributed by atoms with Gasteiger partial charge in [0.05, 0.1) is 6.04 Å². The third-order valence-corrected chi connectivity index (χ3v) is 5.34. The second-order valence-corrected chi connectivity index (χ2v) is 7.20. The number of aryl methyl sites for hydroxylation is 2. The monoisotopic (exact) mass is 375 g/mol. The average Bonchev–Trinajstić information content (AvgIpc) is 2.67. The van der Waals surface area contributed by atoms with E-state index in [4.69, 9.17) is 0 Å². The summed E-state index contributed by atoms with van der Waals surface area (Å²) in [5.74, 6) is 0.0602. The van der Waals surface area contributed by atoms with Crippen LogP contribution in [-0.2, 0) is 6.42 Å². The van der Waals surface area contributed by atoms with Crippen molar-refractivity contribution < 1.29 is 5.11 Å². The predicted octanol–water partition coefficient (Wildman–Crippen LogP) is 6.95. The maximum atomic E-state index is 9.97. The molecule has 0 saturated heterocycles. The van der Waals surface area contributed by atoms with Crippen molar-refractivity contribution in [2.24, 2.45) is 0 Å². The van der Waals surface area contributed by atoms with Crippen molar-refractivity contribution in [3.8, 4) is 0 Å². The van der Waals surface area contributed by atoms with Gasteiger partial charge in [-0.05, 0) is 68.5 Å². The molecule has 1 atom stereocenters. The van der Waals surface area contributed by atoms with Crippen LogP contribution in [0.1, 0.15) is 49.9 Å². The van der Waals surface area contributed by atoms with E-state index < -0.39 is 0 Å². The van der Waals surface area contributed by atoms with Crippen LogP contribution in [0, 0.1) is 13.8 Å². The molecule has 0 amide bonds. The van der Waals surface area contributed by atoms with Gasteiger partial charge in [-0.2, -0.15) is 0 Å². The second-order valence-electron chi connectivity index (χ2n) is 7.20. The predicted molar refractivity (Wildman–Crippen MR) is 122 cm³/mol. The van der Waals surface area contributed by atoms with Gasteiger partial charge in [0.1, 0.15) is 5.76 Å². The standard InChI is InChI=1S/C24H27NO.C2H6/c1-7-8-9-15(2)23-13-20-10-16(3)17(4)11-21(20)24-12-18(5)22(19(6)26)14-25(23)24;1-2/h7-12,14,23,26H,5-6,13H2,1-4H3;1-2H3/b8-7-,15-9+;. The van der Waals surface area contributed by atoms with Crippen molar-refractivity contribution in [1.29, 1.82) is 0 Å². The zero-order valence-corrected chi connectivity index (χ0v) is 18.1. The maximum absolute atomic E-state index is 9.97. The van der Waals surface area contributed by atoms with E-state index in [0.29, 0.717) is 5.57 Å². The van der Waals surface area contributed by atoms with Crippen molar-refractivity contribution in [2.45, 2.75) is 54.0 Å². The first kappa shape index (κ1) is 21.6. The largest absolute Gasteiger partial charge is 0.508 e. The van der Waals surface area contributed by atoms with Gasteiger partial charge in [0.25, 0.3) is 0 Å². The van der Waals surface area contributed by atoms with E-state index >= 15 is 0 Å². The number of aliphatic hydroxyl groups excluding tert-OH is 1. The van der Waals surface area contributed by atoms with Gasteiger partial charge in [-0.25, -0.2) is 0 Å². The molecule has 0 spiro atoms. The van der Waals surface area contributed by atoms with Gasteiger partial charge in [-0.15, -0.1) is 0 Å². The van der Waals surface area contributed by atoms with Crippen LogP contribution in [0.2, 0.25) is 0 Å². The fourth-order valence-corrected chi connectivity index (χ4v) is 3.67. The first-order valence-corrected chi connectivity index (χ1v) is 10.0. The van der Waals surface area contributed by atoms with E-state index in [-0.39, 0.29) is 11.8 Å². The van der Waals surface area contributed by atoms with E-state index in [1.807, 2.05) is 33.0 Å². The minimum atomic E-state index is 0.0602. The van der Waals surface area contributed by atoms with E-state index in [1.165, 1.54) is 27.8 Å². The Morgan fingerprint density at radius 2 is 1.86 bits per heavy atom. The van der Waals surface area contributed by atoms with Crippen LogP contribution in [0.25, 0.3) is 5.70 Å². The lowest BCUT2D eigenvalue weighted by Crippen LogP contribution is -2.38. The Balaban J connectivity index is 0.00000136. The number of aliphatic hydroxyl groups is 1. The molecule has 1 N–H and O–H groups in total. The van der Waals surface area contributed by atoms with Gasteiger partial charge in [0.15, 0.2) is 0 Å². The summed E-state index contributed by atoms with van der Waals surface area (Å²) in [6.45, 7) is 20.3. The maximum Gasteiger partial charge on any atom is 0.117 e. The molecule has 2 heterocycles. The summed E-state index contributed by atoms with van der Waals surface area (Å²) in [5, 5.41) is 9.97. The number of allylic oxidation sites excluding steroid dienone is 5. The molecule has 2 heteroatoms. The van der Waals surface area contributed by atoms with Gasteiger partial charge in [0, 0.05) is 23.0 Å². The summed E-state index contributed by atoms with van der Waals surface area (Å²) >= 11 is 0. The number of nitrogens with zero attached hydrogens (tertiary/aromatic N) is 1. The lowest BCUT2D eigenvalue weighted by atomic mass is 9.83. The summed E-state index contributed by atoms with van der Waals surface area (Å²) in [7, 11) is 0. The first-order valence-electron chi connectivity index (χ1n) is 10.0. The third-order valence-electron chi connectivity index (χ3n) is 5.34. The minimum Gasteiger partial charge on any atom is -0.508 e. The van der Waals surface area contributed by atoms with E-state index in [9.17, 15) is 5.11 Å². The molecule has 0 radical (unpaired) electrons. The quantitative estimate of drug-likeness (QED) is 0.456. The summed E-state index contributed by atoms with van der Waals surface area (Å²) in [6, 6.07) is 4.78. The Labute approximate surface area is 170 Å². The summed E-state index contributed by atoms with van der Waals surface area (Å²) < 4.78 is 0. The Bertz CT molecular complexity index is 909. The number of fused-ring (bicyclic) bond motifs is 3. The Morgan fingerprint density at radius 3 is 2.46 bits per heavy atom.